The average molecular weight is 200 g/mol. The molecule has 0 aliphatic carbocycles. The minimum absolute atomic E-state index is 0.0731. The molecule has 0 heterocycles. The molecule has 3 heteroatoms. The van der Waals surface area contributed by atoms with Crippen molar-refractivity contribution in [3.8, 4) is 0 Å². The zero-order valence-corrected chi connectivity index (χ0v) is 10.3. The molecule has 3 nitrogen and oxygen atoms in total. The van der Waals surface area contributed by atoms with Crippen LogP contribution in [0.3, 0.4) is 0 Å². The molecule has 0 spiro atoms. The molecule has 2 N–H and O–H groups in total. The highest BCUT2D eigenvalue weighted by Crippen LogP contribution is 2.24. The van der Waals surface area contributed by atoms with E-state index in [1.54, 1.807) is 0 Å². The van der Waals surface area contributed by atoms with Crippen molar-refractivity contribution in [2.75, 3.05) is 6.54 Å². The second-order valence-corrected chi connectivity index (χ2v) is 5.28. The highest BCUT2D eigenvalue weighted by atomic mass is 16.2. The van der Waals surface area contributed by atoms with Gasteiger partial charge < -0.3 is 10.6 Å². The Morgan fingerprint density at radius 1 is 1.21 bits per heavy atom. The summed E-state index contributed by atoms with van der Waals surface area (Å²) in [6.07, 6.45) is 0. The number of carbonyl (C=O) groups is 1. The summed E-state index contributed by atoms with van der Waals surface area (Å²) >= 11 is 0. The van der Waals surface area contributed by atoms with Crippen molar-refractivity contribution in [3.05, 3.63) is 0 Å². The molecular weight excluding hydrogens is 176 g/mol. The second-order valence-electron chi connectivity index (χ2n) is 5.28. The summed E-state index contributed by atoms with van der Waals surface area (Å²) in [5, 5.41) is 5.67. The van der Waals surface area contributed by atoms with Crippen LogP contribution in [-0.4, -0.2) is 18.6 Å². The Kier molecular flexibility index (Phi) is 4.95. The van der Waals surface area contributed by atoms with E-state index in [4.69, 9.17) is 0 Å². The first-order valence-electron chi connectivity index (χ1n) is 5.28. The smallest absolute Gasteiger partial charge is 0.314 e. The fraction of sp³-hybridized carbons (Fsp3) is 0.909. The van der Waals surface area contributed by atoms with Gasteiger partial charge in [0.05, 0.1) is 0 Å². The van der Waals surface area contributed by atoms with Crippen molar-refractivity contribution in [3.63, 3.8) is 0 Å². The Morgan fingerprint density at radius 2 is 1.71 bits per heavy atom. The van der Waals surface area contributed by atoms with Gasteiger partial charge in [-0.15, -0.1) is 0 Å². The van der Waals surface area contributed by atoms with Crippen molar-refractivity contribution >= 4 is 6.03 Å². The van der Waals surface area contributed by atoms with E-state index in [9.17, 15) is 4.79 Å². The molecule has 84 valence electrons. The van der Waals surface area contributed by atoms with Gasteiger partial charge in [0.25, 0.3) is 0 Å². The van der Waals surface area contributed by atoms with Gasteiger partial charge in [-0.2, -0.15) is 0 Å². The minimum atomic E-state index is -0.0731. The third kappa shape index (κ3) is 5.84. The number of carbonyl (C=O) groups excluding carboxylic acids is 1. The van der Waals surface area contributed by atoms with Gasteiger partial charge in [0.2, 0.25) is 0 Å². The number of rotatable bonds is 3. The molecule has 0 aliphatic rings. The van der Waals surface area contributed by atoms with E-state index >= 15 is 0 Å². The third-order valence-electron chi connectivity index (χ3n) is 2.47. The van der Waals surface area contributed by atoms with Crippen molar-refractivity contribution < 1.29 is 4.79 Å². The first kappa shape index (κ1) is 13.3. The minimum Gasteiger partial charge on any atom is -0.338 e. The molecule has 0 saturated carbocycles. The summed E-state index contributed by atoms with van der Waals surface area (Å²) in [6.45, 7) is 13.3. The van der Waals surface area contributed by atoms with Crippen molar-refractivity contribution in [2.24, 2.45) is 11.3 Å². The van der Waals surface area contributed by atoms with Gasteiger partial charge in [-0.05, 0) is 25.2 Å². The van der Waals surface area contributed by atoms with Crippen LogP contribution in [-0.2, 0) is 0 Å². The molecule has 0 rings (SSSR count). The molecule has 0 radical (unpaired) electrons. The predicted octanol–water partition coefficient (Wildman–Crippen LogP) is 2.38. The van der Waals surface area contributed by atoms with Gasteiger partial charge in [0, 0.05) is 12.6 Å². The lowest BCUT2D eigenvalue weighted by molar-refractivity contribution is 0.223. The second kappa shape index (κ2) is 5.23. The molecule has 14 heavy (non-hydrogen) atoms. The van der Waals surface area contributed by atoms with Crippen LogP contribution in [0.5, 0.6) is 0 Å². The van der Waals surface area contributed by atoms with Crippen molar-refractivity contribution in [1.29, 1.82) is 0 Å². The molecule has 0 fully saturated rings. The Labute approximate surface area is 87.6 Å². The summed E-state index contributed by atoms with van der Waals surface area (Å²) in [6, 6.07) is 0.121. The van der Waals surface area contributed by atoms with E-state index in [0.29, 0.717) is 5.92 Å². The third-order valence-corrected chi connectivity index (χ3v) is 2.47. The lowest BCUT2D eigenvalue weighted by Crippen LogP contribution is -2.42. The molecule has 0 aromatic rings. The molecule has 0 saturated heterocycles. The van der Waals surface area contributed by atoms with Crippen molar-refractivity contribution in [2.45, 2.75) is 47.6 Å². The lowest BCUT2D eigenvalue weighted by Gasteiger charge is -2.27. The Balaban J connectivity index is 3.78. The first-order chi connectivity index (χ1) is 6.23. The molecule has 0 aromatic heterocycles. The van der Waals surface area contributed by atoms with E-state index < -0.39 is 0 Å². The van der Waals surface area contributed by atoms with Crippen LogP contribution in [0.25, 0.3) is 0 Å². The molecule has 1 atom stereocenters. The maximum atomic E-state index is 11.3. The van der Waals surface area contributed by atoms with Crippen LogP contribution in [0.15, 0.2) is 0 Å². The van der Waals surface area contributed by atoms with Crippen LogP contribution >= 0.6 is 0 Å². The van der Waals surface area contributed by atoms with Crippen LogP contribution in [0.2, 0.25) is 0 Å². The highest BCUT2D eigenvalue weighted by molar-refractivity contribution is 5.74. The molecule has 0 bridgehead atoms. The summed E-state index contributed by atoms with van der Waals surface area (Å²) in [7, 11) is 0. The SMILES string of the molecule is CC(C)NC(=O)NCC(C)C(C)(C)C. The number of hydrogen-bond donors (Lipinski definition) is 2. The number of hydrogen-bond acceptors (Lipinski definition) is 1. The fourth-order valence-corrected chi connectivity index (χ4v) is 0.865. The first-order valence-corrected chi connectivity index (χ1v) is 5.28. The summed E-state index contributed by atoms with van der Waals surface area (Å²) in [4.78, 5) is 11.3. The molecule has 0 aliphatic heterocycles. The van der Waals surface area contributed by atoms with Crippen LogP contribution in [0, 0.1) is 11.3 Å². The highest BCUT2D eigenvalue weighted by Gasteiger charge is 2.20. The van der Waals surface area contributed by atoms with Crippen molar-refractivity contribution in [1.82, 2.24) is 10.6 Å². The van der Waals surface area contributed by atoms with Crippen LogP contribution in [0.1, 0.15) is 41.5 Å². The monoisotopic (exact) mass is 200 g/mol. The standard InChI is InChI=1S/C11H24N2O/c1-8(2)13-10(14)12-7-9(3)11(4,5)6/h8-9H,7H2,1-6H3,(H2,12,13,14). The predicted molar refractivity (Wildman–Crippen MR) is 60.3 cm³/mol. The van der Waals surface area contributed by atoms with E-state index in [-0.39, 0.29) is 17.5 Å². The van der Waals surface area contributed by atoms with Gasteiger partial charge in [-0.3, -0.25) is 0 Å². The lowest BCUT2D eigenvalue weighted by atomic mass is 9.82. The summed E-state index contributed by atoms with van der Waals surface area (Å²) in [5.41, 5.74) is 0.241. The van der Waals surface area contributed by atoms with Crippen LogP contribution < -0.4 is 10.6 Å². The molecular formula is C11H24N2O. The Bertz CT molecular complexity index is 182. The topological polar surface area (TPSA) is 41.1 Å². The van der Waals surface area contributed by atoms with Gasteiger partial charge in [-0.25, -0.2) is 4.79 Å². The Morgan fingerprint density at radius 3 is 2.07 bits per heavy atom. The number of amides is 2. The average Bonchev–Trinajstić information content (AvgIpc) is 1.96. The zero-order chi connectivity index (χ0) is 11.4. The fourth-order valence-electron chi connectivity index (χ4n) is 0.865. The maximum Gasteiger partial charge on any atom is 0.314 e. The van der Waals surface area contributed by atoms with E-state index in [1.807, 2.05) is 13.8 Å². The normalized spacial score (nSPS) is 13.9. The molecule has 0 aromatic carbocycles. The quantitative estimate of drug-likeness (QED) is 0.721. The largest absolute Gasteiger partial charge is 0.338 e. The van der Waals surface area contributed by atoms with Gasteiger partial charge in [-0.1, -0.05) is 27.7 Å². The van der Waals surface area contributed by atoms with E-state index in [0.717, 1.165) is 6.54 Å². The van der Waals surface area contributed by atoms with E-state index in [1.165, 1.54) is 0 Å². The Hall–Kier alpha value is -0.730. The molecule has 1 unspecified atom stereocenters. The number of nitrogens with one attached hydrogen (secondary N) is 2. The molecule has 2 amide bonds. The van der Waals surface area contributed by atoms with Gasteiger partial charge in [0.15, 0.2) is 0 Å². The van der Waals surface area contributed by atoms with Gasteiger partial charge >= 0.3 is 6.03 Å². The summed E-state index contributed by atoms with van der Waals surface area (Å²) in [5.74, 6) is 0.473. The zero-order valence-electron chi connectivity index (χ0n) is 10.3. The van der Waals surface area contributed by atoms with E-state index in [2.05, 4.69) is 38.3 Å². The summed E-state index contributed by atoms with van der Waals surface area (Å²) < 4.78 is 0. The van der Waals surface area contributed by atoms with Crippen LogP contribution in [0.4, 0.5) is 4.79 Å². The number of urea groups is 1. The maximum absolute atomic E-state index is 11.3. The van der Waals surface area contributed by atoms with Gasteiger partial charge in [0.1, 0.15) is 0 Å².